The van der Waals surface area contributed by atoms with E-state index in [4.69, 9.17) is 9.47 Å². The first-order valence-corrected chi connectivity index (χ1v) is 22.9. The van der Waals surface area contributed by atoms with Crippen LogP contribution in [0.2, 0.25) is 0 Å². The molecule has 0 rings (SSSR count). The maximum absolute atomic E-state index is 12.0. The molecule has 1 amide bonds. The lowest BCUT2D eigenvalue weighted by molar-refractivity contribution is -0.143. The van der Waals surface area contributed by atoms with Crippen molar-refractivity contribution in [1.82, 2.24) is 5.32 Å². The van der Waals surface area contributed by atoms with Crippen molar-refractivity contribution < 1.29 is 19.1 Å². The van der Waals surface area contributed by atoms with Crippen LogP contribution in [0.1, 0.15) is 251 Å². The van der Waals surface area contributed by atoms with E-state index in [-0.39, 0.29) is 12.1 Å². The standard InChI is InChI=1S/C46H89NO4/c1-3-5-7-9-11-13-15-17-19-20-22-23-27-31-35-39-43-50-45(48)41-37-33-29-25-26-30-34-38-42-47-46(49)51-44-40-36-32-28-24-21-18-16-14-12-10-8-6-4-2/h17,19H,3-16,18,20-44H2,1-2H3,(H,47,49). The van der Waals surface area contributed by atoms with Crippen molar-refractivity contribution in [3.8, 4) is 0 Å². The molecule has 0 radical (unpaired) electrons. The van der Waals surface area contributed by atoms with Crippen LogP contribution in [0.5, 0.6) is 0 Å². The normalized spacial score (nSPS) is 11.4. The average molecular weight is 720 g/mol. The number of rotatable bonds is 42. The van der Waals surface area contributed by atoms with Gasteiger partial charge in [-0.1, -0.05) is 206 Å². The minimum Gasteiger partial charge on any atom is -0.466 e. The van der Waals surface area contributed by atoms with Crippen LogP contribution in [0.25, 0.3) is 0 Å². The number of carbonyl (C=O) groups excluding carboxylic acids is 2. The van der Waals surface area contributed by atoms with Crippen LogP contribution < -0.4 is 5.32 Å². The zero-order valence-corrected chi connectivity index (χ0v) is 34.6. The van der Waals surface area contributed by atoms with E-state index in [9.17, 15) is 9.59 Å². The number of ether oxygens (including phenoxy) is 2. The van der Waals surface area contributed by atoms with Crippen LogP contribution in [0, 0.1) is 0 Å². The van der Waals surface area contributed by atoms with Crippen molar-refractivity contribution in [2.45, 2.75) is 251 Å². The van der Waals surface area contributed by atoms with Crippen molar-refractivity contribution >= 4 is 12.1 Å². The summed E-state index contributed by atoms with van der Waals surface area (Å²) in [6.45, 7) is 6.39. The van der Waals surface area contributed by atoms with E-state index in [1.165, 1.54) is 186 Å². The number of allylic oxidation sites excluding steroid dienone is 2. The van der Waals surface area contributed by atoms with E-state index < -0.39 is 0 Å². The van der Waals surface area contributed by atoms with E-state index in [2.05, 4.69) is 31.3 Å². The van der Waals surface area contributed by atoms with Crippen LogP contribution >= 0.6 is 0 Å². The highest BCUT2D eigenvalue weighted by atomic mass is 16.5. The Morgan fingerprint density at radius 3 is 1.16 bits per heavy atom. The smallest absolute Gasteiger partial charge is 0.407 e. The molecule has 302 valence electrons. The maximum Gasteiger partial charge on any atom is 0.407 e. The van der Waals surface area contributed by atoms with Crippen molar-refractivity contribution in [1.29, 1.82) is 0 Å². The first-order valence-electron chi connectivity index (χ1n) is 22.9. The monoisotopic (exact) mass is 720 g/mol. The Labute approximate surface area is 319 Å². The molecule has 0 aliphatic carbocycles. The van der Waals surface area contributed by atoms with E-state index >= 15 is 0 Å². The molecular formula is C46H89NO4. The SMILES string of the molecule is CCCCCCCCC=CCCCCCCCCOC(=O)CCCCCCCCCCNC(=O)OCCCCCCCCCCCCCCCC. The third kappa shape index (κ3) is 44.6. The predicted octanol–water partition coefficient (Wildman–Crippen LogP) is 15.3. The molecule has 0 aromatic carbocycles. The number of hydrogen-bond acceptors (Lipinski definition) is 4. The highest BCUT2D eigenvalue weighted by Crippen LogP contribution is 2.14. The lowest BCUT2D eigenvalue weighted by Gasteiger charge is -2.07. The second kappa shape index (κ2) is 44.6. The first-order chi connectivity index (χ1) is 25.2. The average Bonchev–Trinajstić information content (AvgIpc) is 3.13. The Hall–Kier alpha value is -1.52. The van der Waals surface area contributed by atoms with Crippen molar-refractivity contribution in [3.05, 3.63) is 12.2 Å². The van der Waals surface area contributed by atoms with E-state index in [1.54, 1.807) is 0 Å². The Bertz CT molecular complexity index is 724. The van der Waals surface area contributed by atoms with Crippen molar-refractivity contribution in [2.24, 2.45) is 0 Å². The molecule has 0 aliphatic rings. The number of unbranched alkanes of at least 4 members (excludes halogenated alkanes) is 32. The fourth-order valence-electron chi connectivity index (χ4n) is 6.77. The summed E-state index contributed by atoms with van der Waals surface area (Å²) in [5, 5.41) is 2.90. The number of esters is 1. The highest BCUT2D eigenvalue weighted by molar-refractivity contribution is 5.69. The van der Waals surface area contributed by atoms with Crippen LogP contribution in [-0.4, -0.2) is 31.8 Å². The van der Waals surface area contributed by atoms with E-state index in [0.717, 1.165) is 44.9 Å². The molecule has 51 heavy (non-hydrogen) atoms. The number of alkyl carbamates (subject to hydrolysis) is 1. The number of amides is 1. The van der Waals surface area contributed by atoms with Gasteiger partial charge >= 0.3 is 12.1 Å². The minimum absolute atomic E-state index is 0.0200. The zero-order valence-electron chi connectivity index (χ0n) is 34.6. The van der Waals surface area contributed by atoms with Gasteiger partial charge in [0.05, 0.1) is 13.2 Å². The summed E-state index contributed by atoms with van der Waals surface area (Å²) in [6.07, 6.45) is 50.9. The van der Waals surface area contributed by atoms with Gasteiger partial charge in [-0.2, -0.15) is 0 Å². The van der Waals surface area contributed by atoms with Gasteiger partial charge in [-0.25, -0.2) is 4.79 Å². The van der Waals surface area contributed by atoms with Crippen LogP contribution in [0.15, 0.2) is 12.2 Å². The van der Waals surface area contributed by atoms with Crippen LogP contribution in [-0.2, 0) is 14.3 Å². The maximum atomic E-state index is 12.0. The molecule has 0 aromatic heterocycles. The minimum atomic E-state index is -0.258. The molecule has 0 heterocycles. The molecule has 0 unspecified atom stereocenters. The van der Waals surface area contributed by atoms with Gasteiger partial charge in [0.1, 0.15) is 0 Å². The van der Waals surface area contributed by atoms with Gasteiger partial charge < -0.3 is 14.8 Å². The van der Waals surface area contributed by atoms with E-state index in [0.29, 0.717) is 26.2 Å². The third-order valence-corrected chi connectivity index (χ3v) is 10.2. The molecule has 0 saturated carbocycles. The summed E-state index contributed by atoms with van der Waals surface area (Å²) in [4.78, 5) is 23.9. The summed E-state index contributed by atoms with van der Waals surface area (Å²) < 4.78 is 10.8. The summed E-state index contributed by atoms with van der Waals surface area (Å²) in [7, 11) is 0. The molecule has 0 spiro atoms. The molecule has 5 heteroatoms. The number of hydrogen-bond donors (Lipinski definition) is 1. The molecule has 1 N–H and O–H groups in total. The molecule has 0 fully saturated rings. The Kier molecular flexibility index (Phi) is 43.3. The lowest BCUT2D eigenvalue weighted by atomic mass is 10.0. The van der Waals surface area contributed by atoms with Gasteiger partial charge in [0.25, 0.3) is 0 Å². The highest BCUT2D eigenvalue weighted by Gasteiger charge is 2.04. The van der Waals surface area contributed by atoms with Gasteiger partial charge in [0.15, 0.2) is 0 Å². The van der Waals surface area contributed by atoms with Gasteiger partial charge in [0.2, 0.25) is 0 Å². The van der Waals surface area contributed by atoms with Gasteiger partial charge in [0, 0.05) is 13.0 Å². The first kappa shape index (κ1) is 49.5. The third-order valence-electron chi connectivity index (χ3n) is 10.2. The summed E-state index contributed by atoms with van der Waals surface area (Å²) >= 11 is 0. The fourth-order valence-corrected chi connectivity index (χ4v) is 6.77. The Morgan fingerprint density at radius 2 is 0.725 bits per heavy atom. The van der Waals surface area contributed by atoms with Crippen LogP contribution in [0.3, 0.4) is 0 Å². The Morgan fingerprint density at radius 1 is 0.392 bits per heavy atom. The largest absolute Gasteiger partial charge is 0.466 e. The van der Waals surface area contributed by atoms with Crippen molar-refractivity contribution in [3.63, 3.8) is 0 Å². The lowest BCUT2D eigenvalue weighted by Crippen LogP contribution is -2.25. The molecule has 0 atom stereocenters. The molecule has 0 aromatic rings. The zero-order chi connectivity index (χ0) is 37.0. The van der Waals surface area contributed by atoms with Gasteiger partial charge in [-0.05, 0) is 51.4 Å². The number of nitrogens with one attached hydrogen (secondary N) is 1. The quantitative estimate of drug-likeness (QED) is 0.0387. The topological polar surface area (TPSA) is 64.6 Å². The summed E-state index contributed by atoms with van der Waals surface area (Å²) in [6, 6.07) is 0. The molecule has 0 bridgehead atoms. The molecule has 5 nitrogen and oxygen atoms in total. The van der Waals surface area contributed by atoms with E-state index in [1.807, 2.05) is 0 Å². The molecule has 0 aliphatic heterocycles. The Balaban J connectivity index is 3.25. The summed E-state index contributed by atoms with van der Waals surface area (Å²) in [5.74, 6) is -0.0200. The second-order valence-electron chi connectivity index (χ2n) is 15.4. The predicted molar refractivity (Wildman–Crippen MR) is 222 cm³/mol. The fraction of sp³-hybridized carbons (Fsp3) is 0.913. The summed E-state index contributed by atoms with van der Waals surface area (Å²) in [5.41, 5.74) is 0. The van der Waals surface area contributed by atoms with Crippen molar-refractivity contribution in [2.75, 3.05) is 19.8 Å². The number of carbonyl (C=O) groups is 2. The van der Waals surface area contributed by atoms with Gasteiger partial charge in [-0.15, -0.1) is 0 Å². The van der Waals surface area contributed by atoms with Gasteiger partial charge in [-0.3, -0.25) is 4.79 Å². The van der Waals surface area contributed by atoms with Crippen LogP contribution in [0.4, 0.5) is 4.79 Å². The molecule has 0 saturated heterocycles. The molecular weight excluding hydrogens is 631 g/mol. The second-order valence-corrected chi connectivity index (χ2v) is 15.4.